The minimum absolute atomic E-state index is 0.821. The lowest BCUT2D eigenvalue weighted by molar-refractivity contribution is 0.341. The minimum atomic E-state index is 0.821. The molecule has 1 aromatic rings. The molecule has 1 N–H and O–H groups in total. The molecule has 12 heavy (non-hydrogen) atoms. The molecule has 0 bridgehead atoms. The highest BCUT2D eigenvalue weighted by atomic mass is 15.5. The first-order chi connectivity index (χ1) is 5.95. The lowest BCUT2D eigenvalue weighted by Gasteiger charge is -2.11. The average Bonchev–Trinajstić information content (AvgIpc) is 2.74. The molecule has 1 aliphatic rings. The Hall–Kier alpha value is -0.970. The second-order valence-electron chi connectivity index (χ2n) is 3.13. The van der Waals surface area contributed by atoms with Crippen molar-refractivity contribution in [3.8, 4) is 0 Å². The predicted octanol–water partition coefficient (Wildman–Crippen LogP) is -0.162. The van der Waals surface area contributed by atoms with Gasteiger partial charge in [0.15, 0.2) is 5.82 Å². The molecule has 0 amide bonds. The number of nitrogens with one attached hydrogen (secondary N) is 1. The minimum Gasteiger partial charge on any atom is -0.303 e. The number of aromatic amines is 1. The summed E-state index contributed by atoms with van der Waals surface area (Å²) in [6.07, 6.45) is 3.59. The highest BCUT2D eigenvalue weighted by molar-refractivity contribution is 4.79. The summed E-state index contributed by atoms with van der Waals surface area (Å²) in [5, 5.41) is 13.8. The first-order valence-corrected chi connectivity index (χ1v) is 4.40. The molecule has 0 aromatic carbocycles. The highest BCUT2D eigenvalue weighted by Crippen LogP contribution is 2.06. The normalized spacial score (nSPS) is 18.7. The lowest BCUT2D eigenvalue weighted by Crippen LogP contribution is -2.22. The van der Waals surface area contributed by atoms with E-state index in [1.54, 1.807) is 0 Å². The molecule has 0 spiro atoms. The third-order valence-corrected chi connectivity index (χ3v) is 2.24. The Balaban J connectivity index is 1.74. The Labute approximate surface area is 71.1 Å². The van der Waals surface area contributed by atoms with Gasteiger partial charge >= 0.3 is 0 Å². The van der Waals surface area contributed by atoms with Gasteiger partial charge < -0.3 is 4.90 Å². The van der Waals surface area contributed by atoms with Crippen molar-refractivity contribution in [2.45, 2.75) is 19.3 Å². The van der Waals surface area contributed by atoms with Gasteiger partial charge in [-0.15, -0.1) is 10.2 Å². The summed E-state index contributed by atoms with van der Waals surface area (Å²) in [6.45, 7) is 3.54. The van der Waals surface area contributed by atoms with Crippen molar-refractivity contribution < 1.29 is 0 Å². The fourth-order valence-electron chi connectivity index (χ4n) is 1.55. The van der Waals surface area contributed by atoms with E-state index in [2.05, 4.69) is 25.5 Å². The fraction of sp³-hybridized carbons (Fsp3) is 0.857. The molecule has 66 valence electrons. The predicted molar refractivity (Wildman–Crippen MR) is 43.6 cm³/mol. The second-order valence-corrected chi connectivity index (χ2v) is 3.13. The molecule has 0 saturated carbocycles. The van der Waals surface area contributed by atoms with Crippen molar-refractivity contribution in [2.24, 2.45) is 0 Å². The first kappa shape index (κ1) is 7.67. The Morgan fingerprint density at radius 3 is 2.83 bits per heavy atom. The summed E-state index contributed by atoms with van der Waals surface area (Å²) in [5.74, 6) is 0.821. The van der Waals surface area contributed by atoms with Crippen LogP contribution in [0.25, 0.3) is 0 Å². The van der Waals surface area contributed by atoms with Gasteiger partial charge in [-0.25, -0.2) is 0 Å². The van der Waals surface area contributed by atoms with Crippen molar-refractivity contribution in [3.63, 3.8) is 0 Å². The van der Waals surface area contributed by atoms with Crippen LogP contribution in [-0.2, 0) is 6.42 Å². The van der Waals surface area contributed by atoms with E-state index in [0.717, 1.165) is 18.8 Å². The highest BCUT2D eigenvalue weighted by Gasteiger charge is 2.11. The summed E-state index contributed by atoms with van der Waals surface area (Å²) in [6, 6.07) is 0. The molecule has 1 saturated heterocycles. The van der Waals surface area contributed by atoms with Crippen LogP contribution in [0, 0.1) is 0 Å². The summed E-state index contributed by atoms with van der Waals surface area (Å²) >= 11 is 0. The van der Waals surface area contributed by atoms with Crippen molar-refractivity contribution in [1.82, 2.24) is 25.5 Å². The van der Waals surface area contributed by atoms with Crippen LogP contribution >= 0.6 is 0 Å². The van der Waals surface area contributed by atoms with E-state index in [1.807, 2.05) is 0 Å². The molecule has 1 aliphatic heterocycles. The van der Waals surface area contributed by atoms with Gasteiger partial charge in [0.2, 0.25) is 0 Å². The van der Waals surface area contributed by atoms with E-state index in [1.165, 1.54) is 25.9 Å². The zero-order valence-corrected chi connectivity index (χ0v) is 7.03. The number of rotatable bonds is 3. The number of nitrogens with zero attached hydrogens (tertiary/aromatic N) is 4. The van der Waals surface area contributed by atoms with Gasteiger partial charge in [-0.3, -0.25) is 0 Å². The summed E-state index contributed by atoms with van der Waals surface area (Å²) < 4.78 is 0. The lowest BCUT2D eigenvalue weighted by atomic mass is 10.4. The molecule has 0 unspecified atom stereocenters. The molecule has 2 rings (SSSR count). The molecular weight excluding hydrogens is 154 g/mol. The monoisotopic (exact) mass is 167 g/mol. The van der Waals surface area contributed by atoms with Gasteiger partial charge in [0.25, 0.3) is 0 Å². The number of hydrogen-bond acceptors (Lipinski definition) is 4. The number of likely N-dealkylation sites (tertiary alicyclic amines) is 1. The maximum atomic E-state index is 3.90. The smallest absolute Gasteiger partial charge is 0.175 e. The molecule has 0 atom stereocenters. The number of H-pyrrole nitrogens is 1. The Kier molecular flexibility index (Phi) is 2.31. The SMILES string of the molecule is C1CCN(CCc2nn[nH]n2)C1. The summed E-state index contributed by atoms with van der Waals surface area (Å²) in [5.41, 5.74) is 0. The molecule has 5 heteroatoms. The molecule has 5 nitrogen and oxygen atoms in total. The molecule has 1 aromatic heterocycles. The first-order valence-electron chi connectivity index (χ1n) is 4.40. The topological polar surface area (TPSA) is 57.7 Å². The quantitative estimate of drug-likeness (QED) is 0.679. The van der Waals surface area contributed by atoms with Gasteiger partial charge in [-0.2, -0.15) is 5.21 Å². The van der Waals surface area contributed by atoms with E-state index in [9.17, 15) is 0 Å². The summed E-state index contributed by atoms with van der Waals surface area (Å²) in [7, 11) is 0. The Bertz CT molecular complexity index is 214. The van der Waals surface area contributed by atoms with Crippen LogP contribution in [0.15, 0.2) is 0 Å². The average molecular weight is 167 g/mol. The van der Waals surface area contributed by atoms with Crippen molar-refractivity contribution in [2.75, 3.05) is 19.6 Å². The third kappa shape index (κ3) is 1.79. The summed E-state index contributed by atoms with van der Waals surface area (Å²) in [4.78, 5) is 2.44. The molecule has 2 heterocycles. The van der Waals surface area contributed by atoms with E-state index in [4.69, 9.17) is 0 Å². The van der Waals surface area contributed by atoms with E-state index < -0.39 is 0 Å². The van der Waals surface area contributed by atoms with Gasteiger partial charge in [0.05, 0.1) is 0 Å². The van der Waals surface area contributed by atoms with E-state index in [-0.39, 0.29) is 0 Å². The zero-order valence-electron chi connectivity index (χ0n) is 7.03. The molecule has 0 aliphatic carbocycles. The zero-order chi connectivity index (χ0) is 8.23. The van der Waals surface area contributed by atoms with E-state index >= 15 is 0 Å². The van der Waals surface area contributed by atoms with Crippen LogP contribution in [0.4, 0.5) is 0 Å². The van der Waals surface area contributed by atoms with Crippen LogP contribution in [0.2, 0.25) is 0 Å². The van der Waals surface area contributed by atoms with Gasteiger partial charge in [0.1, 0.15) is 0 Å². The second kappa shape index (κ2) is 3.62. The largest absolute Gasteiger partial charge is 0.303 e. The van der Waals surface area contributed by atoms with Crippen LogP contribution in [0.5, 0.6) is 0 Å². The standard InChI is InChI=1S/C7H13N5/c1-2-5-12(4-1)6-3-7-8-10-11-9-7/h1-6H2,(H,8,9,10,11). The van der Waals surface area contributed by atoms with Gasteiger partial charge in [-0.1, -0.05) is 5.21 Å². The molecule has 1 fully saturated rings. The van der Waals surface area contributed by atoms with Crippen LogP contribution in [-0.4, -0.2) is 45.2 Å². The van der Waals surface area contributed by atoms with Crippen molar-refractivity contribution in [1.29, 1.82) is 0 Å². The van der Waals surface area contributed by atoms with Gasteiger partial charge in [0, 0.05) is 13.0 Å². The van der Waals surface area contributed by atoms with E-state index in [0.29, 0.717) is 0 Å². The van der Waals surface area contributed by atoms with Crippen molar-refractivity contribution in [3.05, 3.63) is 5.82 Å². The molecule has 0 radical (unpaired) electrons. The van der Waals surface area contributed by atoms with Crippen molar-refractivity contribution >= 4 is 0 Å². The maximum Gasteiger partial charge on any atom is 0.175 e. The maximum absolute atomic E-state index is 3.90. The molecular formula is C7H13N5. The Morgan fingerprint density at radius 1 is 1.33 bits per heavy atom. The number of aromatic nitrogens is 4. The van der Waals surface area contributed by atoms with Crippen LogP contribution in [0.3, 0.4) is 0 Å². The van der Waals surface area contributed by atoms with Gasteiger partial charge in [-0.05, 0) is 25.9 Å². The number of tetrazole rings is 1. The van der Waals surface area contributed by atoms with Crippen LogP contribution < -0.4 is 0 Å². The fourth-order valence-corrected chi connectivity index (χ4v) is 1.55. The Morgan fingerprint density at radius 2 is 2.17 bits per heavy atom. The number of hydrogen-bond donors (Lipinski definition) is 1. The third-order valence-electron chi connectivity index (χ3n) is 2.24. The van der Waals surface area contributed by atoms with Crippen LogP contribution in [0.1, 0.15) is 18.7 Å².